The Morgan fingerprint density at radius 3 is 3.14 bits per heavy atom. The number of hydrogen-bond donors (Lipinski definition) is 3. The summed E-state index contributed by atoms with van der Waals surface area (Å²) < 4.78 is 1.62. The highest BCUT2D eigenvalue weighted by atomic mass is 16.3. The van der Waals surface area contributed by atoms with Gasteiger partial charge in [0.2, 0.25) is 0 Å². The van der Waals surface area contributed by atoms with Crippen LogP contribution >= 0.6 is 0 Å². The van der Waals surface area contributed by atoms with Crippen molar-refractivity contribution >= 4 is 0 Å². The molecule has 4 N–H and O–H groups in total. The van der Waals surface area contributed by atoms with Crippen LogP contribution in [0.25, 0.3) is 0 Å². The summed E-state index contributed by atoms with van der Waals surface area (Å²) in [5.41, 5.74) is 6.24. The maximum Gasteiger partial charge on any atom is 0.0964 e. The lowest BCUT2D eigenvalue weighted by atomic mass is 10.4. The van der Waals surface area contributed by atoms with E-state index in [0.29, 0.717) is 19.6 Å². The van der Waals surface area contributed by atoms with Gasteiger partial charge in [0.05, 0.1) is 18.8 Å². The Hall–Kier alpha value is -0.980. The predicted molar refractivity (Wildman–Crippen MR) is 52.5 cm³/mol. The van der Waals surface area contributed by atoms with E-state index >= 15 is 0 Å². The van der Waals surface area contributed by atoms with Crippen molar-refractivity contribution in [1.29, 1.82) is 0 Å². The molecule has 0 aliphatic heterocycles. The quantitative estimate of drug-likeness (QED) is 0.475. The summed E-state index contributed by atoms with van der Waals surface area (Å²) in [6.07, 6.45) is 2.79. The van der Waals surface area contributed by atoms with E-state index in [0.717, 1.165) is 18.7 Å². The highest BCUT2D eigenvalue weighted by Crippen LogP contribution is 1.91. The molecule has 0 radical (unpaired) electrons. The molecule has 1 heterocycles. The topological polar surface area (TPSA) is 89.0 Å². The van der Waals surface area contributed by atoms with Crippen LogP contribution in [0.1, 0.15) is 12.1 Å². The van der Waals surface area contributed by atoms with Crippen LogP contribution in [0.15, 0.2) is 6.20 Å². The average Bonchev–Trinajstić information content (AvgIpc) is 2.61. The molecule has 0 atom stereocenters. The van der Waals surface area contributed by atoms with Gasteiger partial charge in [-0.25, -0.2) is 4.68 Å². The van der Waals surface area contributed by atoms with Gasteiger partial charge in [-0.3, -0.25) is 0 Å². The maximum absolute atomic E-state index is 8.66. The van der Waals surface area contributed by atoms with Crippen molar-refractivity contribution in [2.24, 2.45) is 5.73 Å². The first-order valence-corrected chi connectivity index (χ1v) is 4.77. The Kier molecular flexibility index (Phi) is 5.13. The number of nitrogens with one attached hydrogen (secondary N) is 1. The lowest BCUT2D eigenvalue weighted by Gasteiger charge is -1.99. The first kappa shape index (κ1) is 11.1. The van der Waals surface area contributed by atoms with Gasteiger partial charge in [0.1, 0.15) is 0 Å². The Balaban J connectivity index is 2.22. The number of nitrogens with two attached hydrogens (primary N) is 1. The van der Waals surface area contributed by atoms with Crippen molar-refractivity contribution in [3.63, 3.8) is 0 Å². The molecule has 0 spiro atoms. The summed E-state index contributed by atoms with van der Waals surface area (Å²) in [6, 6.07) is 0. The van der Waals surface area contributed by atoms with Crippen molar-refractivity contribution in [3.05, 3.63) is 11.9 Å². The largest absolute Gasteiger partial charge is 0.394 e. The summed E-state index contributed by atoms with van der Waals surface area (Å²) >= 11 is 0. The normalized spacial score (nSPS) is 10.7. The predicted octanol–water partition coefficient (Wildman–Crippen LogP) is -1.29. The van der Waals surface area contributed by atoms with E-state index in [4.69, 9.17) is 10.8 Å². The molecule has 0 saturated carbocycles. The minimum atomic E-state index is 0.0867. The zero-order valence-corrected chi connectivity index (χ0v) is 8.19. The van der Waals surface area contributed by atoms with E-state index in [2.05, 4.69) is 15.6 Å². The van der Waals surface area contributed by atoms with E-state index in [9.17, 15) is 0 Å². The second kappa shape index (κ2) is 6.47. The monoisotopic (exact) mass is 199 g/mol. The fraction of sp³-hybridized carbons (Fsp3) is 0.750. The van der Waals surface area contributed by atoms with Crippen molar-refractivity contribution in [3.8, 4) is 0 Å². The van der Waals surface area contributed by atoms with Gasteiger partial charge in [0.25, 0.3) is 0 Å². The van der Waals surface area contributed by atoms with Crippen LogP contribution in [0.5, 0.6) is 0 Å². The molecule has 80 valence electrons. The van der Waals surface area contributed by atoms with Crippen molar-refractivity contribution in [1.82, 2.24) is 20.3 Å². The first-order chi connectivity index (χ1) is 6.86. The van der Waals surface area contributed by atoms with Crippen LogP contribution in [0.2, 0.25) is 0 Å². The van der Waals surface area contributed by atoms with Gasteiger partial charge in [-0.05, 0) is 19.5 Å². The van der Waals surface area contributed by atoms with E-state index < -0.39 is 0 Å². The minimum absolute atomic E-state index is 0.0867. The van der Waals surface area contributed by atoms with Gasteiger partial charge < -0.3 is 16.2 Å². The molecule has 0 bridgehead atoms. The van der Waals surface area contributed by atoms with Crippen molar-refractivity contribution in [2.75, 3.05) is 19.7 Å². The zero-order valence-electron chi connectivity index (χ0n) is 8.19. The number of rotatable bonds is 7. The number of hydrogen-bond acceptors (Lipinski definition) is 5. The Morgan fingerprint density at radius 2 is 2.43 bits per heavy atom. The number of nitrogens with zero attached hydrogens (tertiary/aromatic N) is 3. The molecule has 14 heavy (non-hydrogen) atoms. The van der Waals surface area contributed by atoms with Gasteiger partial charge in [0, 0.05) is 12.7 Å². The van der Waals surface area contributed by atoms with Crippen LogP contribution in [0, 0.1) is 0 Å². The fourth-order valence-electron chi connectivity index (χ4n) is 1.07. The highest BCUT2D eigenvalue weighted by Gasteiger charge is 1.98. The maximum atomic E-state index is 8.66. The van der Waals surface area contributed by atoms with Gasteiger partial charge in [-0.1, -0.05) is 5.21 Å². The molecule has 1 aromatic rings. The minimum Gasteiger partial charge on any atom is -0.394 e. The molecular formula is C8H17N5O. The highest BCUT2D eigenvalue weighted by molar-refractivity contribution is 4.91. The summed E-state index contributed by atoms with van der Waals surface area (Å²) in [5.74, 6) is 0. The lowest BCUT2D eigenvalue weighted by Crippen LogP contribution is -2.17. The van der Waals surface area contributed by atoms with Crippen LogP contribution in [0.4, 0.5) is 0 Å². The summed E-state index contributed by atoms with van der Waals surface area (Å²) in [5, 5.41) is 19.6. The third kappa shape index (κ3) is 3.82. The standard InChI is InChI=1S/C8H17N5O/c9-2-1-3-10-6-8-7-13(4-5-14)12-11-8/h7,10,14H,1-6,9H2. The molecule has 0 unspecified atom stereocenters. The zero-order chi connectivity index (χ0) is 10.2. The molecule has 6 nitrogen and oxygen atoms in total. The molecule has 1 aromatic heterocycles. The van der Waals surface area contributed by atoms with E-state index in [-0.39, 0.29) is 6.61 Å². The van der Waals surface area contributed by atoms with Crippen LogP contribution in [-0.2, 0) is 13.1 Å². The van der Waals surface area contributed by atoms with Crippen LogP contribution in [-0.4, -0.2) is 39.8 Å². The molecule has 0 aliphatic rings. The third-order valence-electron chi connectivity index (χ3n) is 1.78. The van der Waals surface area contributed by atoms with Crippen molar-refractivity contribution < 1.29 is 5.11 Å². The van der Waals surface area contributed by atoms with E-state index in [1.54, 1.807) is 4.68 Å². The summed E-state index contributed by atoms with van der Waals surface area (Å²) in [4.78, 5) is 0. The SMILES string of the molecule is NCCCNCc1cn(CCO)nn1. The summed E-state index contributed by atoms with van der Waals surface area (Å²) in [7, 11) is 0. The second-order valence-corrected chi connectivity index (χ2v) is 3.02. The van der Waals surface area contributed by atoms with Gasteiger partial charge in [-0.2, -0.15) is 0 Å². The van der Waals surface area contributed by atoms with Crippen molar-refractivity contribution in [2.45, 2.75) is 19.5 Å². The summed E-state index contributed by atoms with van der Waals surface area (Å²) in [6.45, 7) is 2.87. The molecule has 0 aromatic carbocycles. The number of aromatic nitrogens is 3. The lowest BCUT2D eigenvalue weighted by molar-refractivity contribution is 0.268. The third-order valence-corrected chi connectivity index (χ3v) is 1.78. The van der Waals surface area contributed by atoms with Gasteiger partial charge >= 0.3 is 0 Å². The Labute approximate surface area is 83.1 Å². The van der Waals surface area contributed by atoms with Crippen LogP contribution in [0.3, 0.4) is 0 Å². The molecule has 0 saturated heterocycles. The molecule has 0 amide bonds. The van der Waals surface area contributed by atoms with E-state index in [1.807, 2.05) is 6.20 Å². The Bertz CT molecular complexity index is 250. The van der Waals surface area contributed by atoms with E-state index in [1.165, 1.54) is 0 Å². The first-order valence-electron chi connectivity index (χ1n) is 4.77. The fourth-order valence-corrected chi connectivity index (χ4v) is 1.07. The smallest absolute Gasteiger partial charge is 0.0964 e. The second-order valence-electron chi connectivity index (χ2n) is 3.02. The molecular weight excluding hydrogens is 182 g/mol. The molecule has 1 rings (SSSR count). The van der Waals surface area contributed by atoms with Gasteiger partial charge in [0.15, 0.2) is 0 Å². The Morgan fingerprint density at radius 1 is 1.57 bits per heavy atom. The van der Waals surface area contributed by atoms with Crippen LogP contribution < -0.4 is 11.1 Å². The average molecular weight is 199 g/mol. The molecule has 0 fully saturated rings. The molecule has 6 heteroatoms. The number of aliphatic hydroxyl groups is 1. The number of aliphatic hydroxyl groups excluding tert-OH is 1. The van der Waals surface area contributed by atoms with Gasteiger partial charge in [-0.15, -0.1) is 5.10 Å². The molecule has 0 aliphatic carbocycles.